The molecule has 0 heterocycles. The lowest BCUT2D eigenvalue weighted by Crippen LogP contribution is -2.46. The molecule has 98 valence electrons. The summed E-state index contributed by atoms with van der Waals surface area (Å²) in [6.07, 6.45) is 3.37. The molecule has 2 N–H and O–H groups in total. The van der Waals surface area contributed by atoms with Crippen LogP contribution in [0.3, 0.4) is 0 Å². The molecule has 0 saturated heterocycles. The second kappa shape index (κ2) is 9.32. The highest BCUT2D eigenvalue weighted by Gasteiger charge is 2.21. The lowest BCUT2D eigenvalue weighted by Gasteiger charge is -2.28. The van der Waals surface area contributed by atoms with Crippen LogP contribution in [0.5, 0.6) is 0 Å². The number of aliphatic hydroxyl groups is 1. The van der Waals surface area contributed by atoms with E-state index in [1.165, 1.54) is 17.9 Å². The van der Waals surface area contributed by atoms with Gasteiger partial charge in [0.1, 0.15) is 0 Å². The second-order valence-electron chi connectivity index (χ2n) is 5.22. The molecule has 0 spiro atoms. The summed E-state index contributed by atoms with van der Waals surface area (Å²) < 4.78 is 0. The fraction of sp³-hybridized carbons (Fsp3) is 1.00. The Kier molecular flexibility index (Phi) is 9.47. The standard InChI is InChI=1S/C13H29NOS/c1-5-8-14-13(4,11-15)7-6-9-16-10-12(2)3/h12,14-15H,5-11H2,1-4H3. The van der Waals surface area contributed by atoms with Crippen LogP contribution in [0.1, 0.15) is 47.0 Å². The van der Waals surface area contributed by atoms with Gasteiger partial charge in [-0.1, -0.05) is 20.8 Å². The average Bonchev–Trinajstić information content (AvgIpc) is 2.25. The number of thioether (sulfide) groups is 1. The molecule has 0 fully saturated rings. The van der Waals surface area contributed by atoms with Gasteiger partial charge < -0.3 is 10.4 Å². The minimum absolute atomic E-state index is 0.0750. The Labute approximate surface area is 106 Å². The molecule has 3 heteroatoms. The van der Waals surface area contributed by atoms with Gasteiger partial charge >= 0.3 is 0 Å². The van der Waals surface area contributed by atoms with Crippen molar-refractivity contribution in [3.63, 3.8) is 0 Å². The average molecular weight is 247 g/mol. The first-order valence-corrected chi connectivity index (χ1v) is 7.63. The van der Waals surface area contributed by atoms with Crippen LogP contribution >= 0.6 is 11.8 Å². The predicted octanol–water partition coefficient (Wildman–Crippen LogP) is 2.91. The van der Waals surface area contributed by atoms with Crippen LogP contribution in [-0.2, 0) is 0 Å². The fourth-order valence-electron chi connectivity index (χ4n) is 1.53. The first-order chi connectivity index (χ1) is 7.54. The van der Waals surface area contributed by atoms with E-state index >= 15 is 0 Å². The Morgan fingerprint density at radius 2 is 2.06 bits per heavy atom. The Bertz CT molecular complexity index is 164. The number of hydrogen-bond acceptors (Lipinski definition) is 3. The van der Waals surface area contributed by atoms with Gasteiger partial charge in [0.05, 0.1) is 6.61 Å². The minimum Gasteiger partial charge on any atom is -0.394 e. The highest BCUT2D eigenvalue weighted by Crippen LogP contribution is 2.16. The van der Waals surface area contributed by atoms with Crippen LogP contribution in [0.4, 0.5) is 0 Å². The molecule has 0 bridgehead atoms. The van der Waals surface area contributed by atoms with E-state index in [0.717, 1.165) is 25.3 Å². The van der Waals surface area contributed by atoms with Gasteiger partial charge in [-0.2, -0.15) is 11.8 Å². The molecule has 0 aliphatic carbocycles. The van der Waals surface area contributed by atoms with Crippen LogP contribution in [0.15, 0.2) is 0 Å². The normalized spacial score (nSPS) is 15.4. The molecular weight excluding hydrogens is 218 g/mol. The van der Waals surface area contributed by atoms with Gasteiger partial charge in [0, 0.05) is 5.54 Å². The van der Waals surface area contributed by atoms with Crippen LogP contribution in [0, 0.1) is 5.92 Å². The van der Waals surface area contributed by atoms with Crippen molar-refractivity contribution in [2.24, 2.45) is 5.92 Å². The highest BCUT2D eigenvalue weighted by atomic mass is 32.2. The molecule has 0 saturated carbocycles. The van der Waals surface area contributed by atoms with Gasteiger partial charge in [-0.05, 0) is 50.2 Å². The zero-order valence-electron chi connectivity index (χ0n) is 11.4. The highest BCUT2D eigenvalue weighted by molar-refractivity contribution is 7.99. The minimum atomic E-state index is -0.0750. The zero-order valence-corrected chi connectivity index (χ0v) is 12.2. The summed E-state index contributed by atoms with van der Waals surface area (Å²) in [6, 6.07) is 0. The maximum Gasteiger partial charge on any atom is 0.0610 e. The van der Waals surface area contributed by atoms with Crippen molar-refractivity contribution in [1.82, 2.24) is 5.32 Å². The molecule has 2 nitrogen and oxygen atoms in total. The Hall–Kier alpha value is 0.270. The van der Waals surface area contributed by atoms with E-state index in [1.54, 1.807) is 0 Å². The molecule has 0 rings (SSSR count). The van der Waals surface area contributed by atoms with Crippen molar-refractivity contribution >= 4 is 11.8 Å². The SMILES string of the molecule is CCCNC(C)(CO)CCCSCC(C)C. The zero-order chi connectivity index (χ0) is 12.4. The van der Waals surface area contributed by atoms with Crippen LogP contribution in [0.25, 0.3) is 0 Å². The summed E-state index contributed by atoms with van der Waals surface area (Å²) in [4.78, 5) is 0. The molecule has 0 radical (unpaired) electrons. The molecule has 16 heavy (non-hydrogen) atoms. The Balaban J connectivity index is 3.61. The van der Waals surface area contributed by atoms with E-state index in [2.05, 4.69) is 33.0 Å². The lowest BCUT2D eigenvalue weighted by molar-refractivity contribution is 0.165. The summed E-state index contributed by atoms with van der Waals surface area (Å²) in [5.41, 5.74) is -0.0750. The maximum atomic E-state index is 9.39. The molecule has 0 aromatic heterocycles. The molecule has 0 aliphatic heterocycles. The van der Waals surface area contributed by atoms with E-state index in [9.17, 15) is 5.11 Å². The molecule has 0 aliphatic rings. The van der Waals surface area contributed by atoms with E-state index < -0.39 is 0 Å². The molecule has 1 unspecified atom stereocenters. The molecule has 0 aromatic carbocycles. The summed E-state index contributed by atoms with van der Waals surface area (Å²) in [7, 11) is 0. The van der Waals surface area contributed by atoms with Gasteiger partial charge in [-0.25, -0.2) is 0 Å². The summed E-state index contributed by atoms with van der Waals surface area (Å²) >= 11 is 2.03. The largest absolute Gasteiger partial charge is 0.394 e. The van der Waals surface area contributed by atoms with Gasteiger partial charge in [-0.15, -0.1) is 0 Å². The summed E-state index contributed by atoms with van der Waals surface area (Å²) in [5.74, 6) is 3.24. The van der Waals surface area contributed by atoms with Crippen molar-refractivity contribution in [1.29, 1.82) is 0 Å². The molecule has 0 amide bonds. The maximum absolute atomic E-state index is 9.39. The lowest BCUT2D eigenvalue weighted by atomic mass is 9.97. The van der Waals surface area contributed by atoms with E-state index in [0.29, 0.717) is 0 Å². The topological polar surface area (TPSA) is 32.3 Å². The monoisotopic (exact) mass is 247 g/mol. The van der Waals surface area contributed by atoms with E-state index in [4.69, 9.17) is 0 Å². The third kappa shape index (κ3) is 8.43. The third-order valence-corrected chi connectivity index (χ3v) is 4.10. The van der Waals surface area contributed by atoms with Gasteiger partial charge in [0.25, 0.3) is 0 Å². The molecule has 1 atom stereocenters. The van der Waals surface area contributed by atoms with E-state index in [1.807, 2.05) is 11.8 Å². The first-order valence-electron chi connectivity index (χ1n) is 6.47. The number of rotatable bonds is 10. The Morgan fingerprint density at radius 3 is 2.56 bits per heavy atom. The molecular formula is C13H29NOS. The smallest absolute Gasteiger partial charge is 0.0610 e. The van der Waals surface area contributed by atoms with E-state index in [-0.39, 0.29) is 12.1 Å². The van der Waals surface area contributed by atoms with Crippen molar-refractivity contribution in [3.8, 4) is 0 Å². The number of nitrogens with one attached hydrogen (secondary N) is 1. The van der Waals surface area contributed by atoms with Crippen molar-refractivity contribution in [2.45, 2.75) is 52.5 Å². The van der Waals surface area contributed by atoms with Crippen LogP contribution in [0.2, 0.25) is 0 Å². The van der Waals surface area contributed by atoms with Gasteiger partial charge in [0.2, 0.25) is 0 Å². The Morgan fingerprint density at radius 1 is 1.38 bits per heavy atom. The fourth-order valence-corrected chi connectivity index (χ4v) is 2.52. The van der Waals surface area contributed by atoms with Crippen molar-refractivity contribution < 1.29 is 5.11 Å². The summed E-state index contributed by atoms with van der Waals surface area (Å²) in [5, 5.41) is 12.8. The van der Waals surface area contributed by atoms with Gasteiger partial charge in [0.15, 0.2) is 0 Å². The predicted molar refractivity (Wildman–Crippen MR) is 75.2 cm³/mol. The third-order valence-electron chi connectivity index (χ3n) is 2.62. The number of aliphatic hydroxyl groups excluding tert-OH is 1. The van der Waals surface area contributed by atoms with Gasteiger partial charge in [-0.3, -0.25) is 0 Å². The number of hydrogen-bond donors (Lipinski definition) is 2. The first kappa shape index (κ1) is 16.3. The van der Waals surface area contributed by atoms with Crippen molar-refractivity contribution in [2.75, 3.05) is 24.7 Å². The second-order valence-corrected chi connectivity index (χ2v) is 6.37. The quantitative estimate of drug-likeness (QED) is 0.582. The summed E-state index contributed by atoms with van der Waals surface area (Å²) in [6.45, 7) is 10.0. The van der Waals surface area contributed by atoms with Crippen molar-refractivity contribution in [3.05, 3.63) is 0 Å². The molecule has 0 aromatic rings. The van der Waals surface area contributed by atoms with Crippen LogP contribution in [-0.4, -0.2) is 35.3 Å². The van der Waals surface area contributed by atoms with Crippen LogP contribution < -0.4 is 5.32 Å².